The SMILES string of the molecule is CNCc1c(C)nn(-c2ccccc2)c1-n1cc(C)cn1. The average molecular weight is 281 g/mol. The molecule has 5 nitrogen and oxygen atoms in total. The fourth-order valence-electron chi connectivity index (χ4n) is 2.44. The fraction of sp³-hybridized carbons (Fsp3) is 0.250. The molecule has 0 saturated carbocycles. The van der Waals surface area contributed by atoms with E-state index < -0.39 is 0 Å². The van der Waals surface area contributed by atoms with Crippen molar-refractivity contribution in [1.29, 1.82) is 0 Å². The normalized spacial score (nSPS) is 11.0. The molecule has 0 spiro atoms. The van der Waals surface area contributed by atoms with Crippen LogP contribution in [0.1, 0.15) is 16.8 Å². The van der Waals surface area contributed by atoms with Gasteiger partial charge in [0.15, 0.2) is 5.82 Å². The maximum atomic E-state index is 4.70. The first kappa shape index (κ1) is 13.6. The molecule has 0 aliphatic carbocycles. The Kier molecular flexibility index (Phi) is 3.58. The summed E-state index contributed by atoms with van der Waals surface area (Å²) >= 11 is 0. The van der Waals surface area contributed by atoms with Crippen molar-refractivity contribution >= 4 is 0 Å². The molecule has 108 valence electrons. The third-order valence-electron chi connectivity index (χ3n) is 3.44. The second kappa shape index (κ2) is 5.54. The monoisotopic (exact) mass is 281 g/mol. The van der Waals surface area contributed by atoms with Gasteiger partial charge in [0.05, 0.1) is 17.6 Å². The summed E-state index contributed by atoms with van der Waals surface area (Å²) in [6.07, 6.45) is 3.88. The van der Waals surface area contributed by atoms with Gasteiger partial charge in [0.1, 0.15) is 0 Å². The zero-order valence-electron chi connectivity index (χ0n) is 12.5. The van der Waals surface area contributed by atoms with Gasteiger partial charge in [-0.2, -0.15) is 10.2 Å². The van der Waals surface area contributed by atoms with Crippen molar-refractivity contribution in [2.75, 3.05) is 7.05 Å². The number of hydrogen-bond donors (Lipinski definition) is 1. The van der Waals surface area contributed by atoms with Gasteiger partial charge in [-0.25, -0.2) is 9.36 Å². The summed E-state index contributed by atoms with van der Waals surface area (Å²) in [5.41, 5.74) is 4.33. The molecule has 0 fully saturated rings. The lowest BCUT2D eigenvalue weighted by atomic mass is 10.2. The van der Waals surface area contributed by atoms with Crippen LogP contribution in [0.2, 0.25) is 0 Å². The molecule has 3 rings (SSSR count). The lowest BCUT2D eigenvalue weighted by molar-refractivity contribution is 0.744. The first-order valence-electron chi connectivity index (χ1n) is 7.01. The number of nitrogens with one attached hydrogen (secondary N) is 1. The summed E-state index contributed by atoms with van der Waals surface area (Å²) in [5, 5.41) is 12.4. The van der Waals surface area contributed by atoms with E-state index in [0.717, 1.165) is 34.9 Å². The summed E-state index contributed by atoms with van der Waals surface area (Å²) in [6, 6.07) is 10.1. The zero-order chi connectivity index (χ0) is 14.8. The number of benzene rings is 1. The van der Waals surface area contributed by atoms with Gasteiger partial charge in [0, 0.05) is 18.3 Å². The second-order valence-electron chi connectivity index (χ2n) is 5.13. The maximum Gasteiger partial charge on any atom is 0.161 e. The van der Waals surface area contributed by atoms with Gasteiger partial charge in [-0.15, -0.1) is 0 Å². The van der Waals surface area contributed by atoms with Crippen LogP contribution in [0.25, 0.3) is 11.5 Å². The number of aryl methyl sites for hydroxylation is 2. The molecule has 0 bridgehead atoms. The molecule has 0 aliphatic heterocycles. The minimum atomic E-state index is 0.757. The first-order chi connectivity index (χ1) is 10.2. The summed E-state index contributed by atoms with van der Waals surface area (Å²) in [4.78, 5) is 0. The largest absolute Gasteiger partial charge is 0.315 e. The Labute approximate surface area is 124 Å². The van der Waals surface area contributed by atoms with E-state index in [2.05, 4.69) is 22.5 Å². The van der Waals surface area contributed by atoms with Crippen molar-refractivity contribution in [3.05, 3.63) is 59.5 Å². The predicted octanol–water partition coefficient (Wildman–Crippen LogP) is 2.39. The number of hydrogen-bond acceptors (Lipinski definition) is 3. The summed E-state index contributed by atoms with van der Waals surface area (Å²) < 4.78 is 3.85. The highest BCUT2D eigenvalue weighted by molar-refractivity contribution is 5.45. The highest BCUT2D eigenvalue weighted by Gasteiger charge is 2.18. The van der Waals surface area contributed by atoms with Crippen molar-refractivity contribution in [2.45, 2.75) is 20.4 Å². The minimum absolute atomic E-state index is 0.757. The van der Waals surface area contributed by atoms with Crippen molar-refractivity contribution in [2.24, 2.45) is 0 Å². The summed E-state index contributed by atoms with van der Waals surface area (Å²) in [6.45, 7) is 4.83. The molecule has 5 heteroatoms. The van der Waals surface area contributed by atoms with Gasteiger partial charge in [0.2, 0.25) is 0 Å². The van der Waals surface area contributed by atoms with E-state index in [0.29, 0.717) is 0 Å². The van der Waals surface area contributed by atoms with Crippen LogP contribution in [0.4, 0.5) is 0 Å². The third-order valence-corrected chi connectivity index (χ3v) is 3.44. The van der Waals surface area contributed by atoms with Crippen LogP contribution in [0.15, 0.2) is 42.7 Å². The van der Waals surface area contributed by atoms with E-state index in [9.17, 15) is 0 Å². The molecule has 0 radical (unpaired) electrons. The van der Waals surface area contributed by atoms with Gasteiger partial charge in [-0.05, 0) is 38.6 Å². The van der Waals surface area contributed by atoms with Crippen LogP contribution in [0.5, 0.6) is 0 Å². The van der Waals surface area contributed by atoms with E-state index in [1.54, 1.807) is 0 Å². The maximum absolute atomic E-state index is 4.70. The number of aromatic nitrogens is 4. The lowest BCUT2D eigenvalue weighted by Gasteiger charge is -2.09. The van der Waals surface area contributed by atoms with Gasteiger partial charge < -0.3 is 5.32 Å². The van der Waals surface area contributed by atoms with E-state index in [4.69, 9.17) is 5.10 Å². The molecule has 0 atom stereocenters. The Hall–Kier alpha value is -2.40. The Morgan fingerprint density at radius 2 is 1.90 bits per heavy atom. The smallest absolute Gasteiger partial charge is 0.161 e. The van der Waals surface area contributed by atoms with E-state index >= 15 is 0 Å². The van der Waals surface area contributed by atoms with E-state index in [-0.39, 0.29) is 0 Å². The van der Waals surface area contributed by atoms with Gasteiger partial charge >= 0.3 is 0 Å². The standard InChI is InChI=1S/C16H19N5/c1-12-9-18-20(11-12)16-15(10-17-3)13(2)19-21(16)14-7-5-4-6-8-14/h4-9,11,17H,10H2,1-3H3. The van der Waals surface area contributed by atoms with Crippen LogP contribution in [0, 0.1) is 13.8 Å². The zero-order valence-corrected chi connectivity index (χ0v) is 12.5. The Morgan fingerprint density at radius 1 is 1.14 bits per heavy atom. The van der Waals surface area contributed by atoms with Crippen LogP contribution in [-0.2, 0) is 6.54 Å². The molecule has 1 N–H and O–H groups in total. The number of rotatable bonds is 4. The second-order valence-corrected chi connectivity index (χ2v) is 5.13. The molecule has 0 amide bonds. The molecule has 21 heavy (non-hydrogen) atoms. The van der Waals surface area contributed by atoms with Crippen molar-refractivity contribution < 1.29 is 0 Å². The molecule has 0 aliphatic rings. The molecule has 0 saturated heterocycles. The van der Waals surface area contributed by atoms with Crippen molar-refractivity contribution in [1.82, 2.24) is 24.9 Å². The van der Waals surface area contributed by atoms with Crippen LogP contribution >= 0.6 is 0 Å². The highest BCUT2D eigenvalue weighted by Crippen LogP contribution is 2.22. The quantitative estimate of drug-likeness (QED) is 0.799. The number of nitrogens with zero attached hydrogens (tertiary/aromatic N) is 4. The van der Waals surface area contributed by atoms with E-state index in [1.807, 2.05) is 60.9 Å². The van der Waals surface area contributed by atoms with Gasteiger partial charge in [-0.1, -0.05) is 18.2 Å². The van der Waals surface area contributed by atoms with Crippen molar-refractivity contribution in [3.8, 4) is 11.5 Å². The third kappa shape index (κ3) is 2.48. The minimum Gasteiger partial charge on any atom is -0.315 e. The lowest BCUT2D eigenvalue weighted by Crippen LogP contribution is -2.12. The molecule has 2 aromatic heterocycles. The molecule has 2 heterocycles. The summed E-state index contributed by atoms with van der Waals surface area (Å²) in [5.74, 6) is 0.987. The predicted molar refractivity (Wildman–Crippen MR) is 82.9 cm³/mol. The highest BCUT2D eigenvalue weighted by atomic mass is 15.4. The fourth-order valence-corrected chi connectivity index (χ4v) is 2.44. The number of para-hydroxylation sites is 1. The van der Waals surface area contributed by atoms with Crippen LogP contribution in [0.3, 0.4) is 0 Å². The summed E-state index contributed by atoms with van der Waals surface area (Å²) in [7, 11) is 1.94. The van der Waals surface area contributed by atoms with Crippen LogP contribution < -0.4 is 5.32 Å². The molecule has 1 aromatic carbocycles. The van der Waals surface area contributed by atoms with Gasteiger partial charge in [-0.3, -0.25) is 0 Å². The Morgan fingerprint density at radius 3 is 2.52 bits per heavy atom. The molecule has 3 aromatic rings. The van der Waals surface area contributed by atoms with Crippen molar-refractivity contribution in [3.63, 3.8) is 0 Å². The van der Waals surface area contributed by atoms with Gasteiger partial charge in [0.25, 0.3) is 0 Å². The first-order valence-corrected chi connectivity index (χ1v) is 7.01. The van der Waals surface area contributed by atoms with E-state index in [1.165, 1.54) is 0 Å². The Bertz CT molecular complexity index is 739. The Balaban J connectivity index is 2.23. The topological polar surface area (TPSA) is 47.7 Å². The average Bonchev–Trinajstić information content (AvgIpc) is 3.05. The molecule has 0 unspecified atom stereocenters. The molecular weight excluding hydrogens is 262 g/mol. The van der Waals surface area contributed by atoms with Crippen LogP contribution in [-0.4, -0.2) is 26.6 Å². The molecular formula is C16H19N5.